The number of amides is 1. The van der Waals surface area contributed by atoms with Crippen molar-refractivity contribution in [1.82, 2.24) is 5.32 Å². The van der Waals surface area contributed by atoms with Crippen LogP contribution in [0, 0.1) is 0 Å². The first kappa shape index (κ1) is 16.3. The minimum atomic E-state index is -0.422. The Labute approximate surface area is 136 Å². The Bertz CT molecular complexity index is 671. The average Bonchev–Trinajstić information content (AvgIpc) is 2.75. The molecule has 0 aliphatic rings. The molecule has 2 aromatic rings. The number of rotatable bonds is 5. The van der Waals surface area contributed by atoms with Crippen LogP contribution < -0.4 is 11.1 Å². The number of hydrogen-bond donors (Lipinski definition) is 3. The largest absolute Gasteiger partial charge is 0.397 e. The summed E-state index contributed by atoms with van der Waals surface area (Å²) >= 11 is 4.81. The number of nitrogens with one attached hydrogen (secondary N) is 1. The molecule has 0 fully saturated rings. The van der Waals surface area contributed by atoms with Gasteiger partial charge in [0.2, 0.25) is 0 Å². The zero-order valence-corrected chi connectivity index (χ0v) is 14.5. The van der Waals surface area contributed by atoms with E-state index in [4.69, 9.17) is 10.8 Å². The second kappa shape index (κ2) is 6.34. The van der Waals surface area contributed by atoms with Gasteiger partial charge in [-0.15, -0.1) is 11.3 Å². The molecule has 1 atom stereocenters. The van der Waals surface area contributed by atoms with Gasteiger partial charge in [0, 0.05) is 26.7 Å². The number of carbonyl (C=O) groups excluding carboxylic acids is 1. The fourth-order valence-corrected chi connectivity index (χ4v) is 3.73. The summed E-state index contributed by atoms with van der Waals surface area (Å²) in [5.74, 6) is -0.178. The van der Waals surface area contributed by atoms with E-state index in [0.29, 0.717) is 17.0 Å². The van der Waals surface area contributed by atoms with E-state index in [1.165, 1.54) is 11.3 Å². The maximum absolute atomic E-state index is 12.5. The smallest absolute Gasteiger partial charge is 0.263 e. The van der Waals surface area contributed by atoms with E-state index in [-0.39, 0.29) is 12.5 Å². The number of aliphatic hydroxyl groups is 1. The van der Waals surface area contributed by atoms with E-state index < -0.39 is 5.54 Å². The van der Waals surface area contributed by atoms with Crippen molar-refractivity contribution in [2.45, 2.75) is 32.2 Å². The van der Waals surface area contributed by atoms with Crippen molar-refractivity contribution in [3.05, 3.63) is 27.5 Å². The molecule has 0 spiro atoms. The zero-order chi connectivity index (χ0) is 15.6. The third-order valence-electron chi connectivity index (χ3n) is 3.76. The van der Waals surface area contributed by atoms with Gasteiger partial charge in [0.05, 0.1) is 5.69 Å². The van der Waals surface area contributed by atoms with Gasteiger partial charge in [0.15, 0.2) is 0 Å². The van der Waals surface area contributed by atoms with Crippen LogP contribution in [0.15, 0.2) is 22.7 Å². The number of anilines is 1. The van der Waals surface area contributed by atoms with E-state index >= 15 is 0 Å². The summed E-state index contributed by atoms with van der Waals surface area (Å²) in [5, 5.41) is 13.0. The highest BCUT2D eigenvalue weighted by molar-refractivity contribution is 9.10. The molecule has 114 valence electrons. The van der Waals surface area contributed by atoms with Gasteiger partial charge in [0.1, 0.15) is 4.88 Å². The predicted octanol–water partition coefficient (Wildman–Crippen LogP) is 3.53. The lowest BCUT2D eigenvalue weighted by molar-refractivity contribution is 0.0891. The molecule has 21 heavy (non-hydrogen) atoms. The molecule has 1 aromatic carbocycles. The molecular formula is C15H19BrN2O2S. The van der Waals surface area contributed by atoms with Crippen molar-refractivity contribution >= 4 is 48.9 Å². The predicted molar refractivity (Wildman–Crippen MR) is 91.8 cm³/mol. The van der Waals surface area contributed by atoms with Gasteiger partial charge in [0.25, 0.3) is 5.91 Å². The summed E-state index contributed by atoms with van der Waals surface area (Å²) in [4.78, 5) is 13.0. The van der Waals surface area contributed by atoms with Gasteiger partial charge >= 0.3 is 0 Å². The zero-order valence-electron chi connectivity index (χ0n) is 12.1. The molecule has 1 heterocycles. The molecule has 4 N–H and O–H groups in total. The van der Waals surface area contributed by atoms with Crippen LogP contribution in [-0.2, 0) is 0 Å². The van der Waals surface area contributed by atoms with E-state index in [0.717, 1.165) is 21.0 Å². The number of nitrogen functional groups attached to an aromatic ring is 1. The summed E-state index contributed by atoms with van der Waals surface area (Å²) in [6.07, 6.45) is 1.27. The third-order valence-corrected chi connectivity index (χ3v) is 5.42. The van der Waals surface area contributed by atoms with E-state index in [1.807, 2.05) is 32.0 Å². The summed E-state index contributed by atoms with van der Waals surface area (Å²) in [7, 11) is 0. The highest BCUT2D eigenvalue weighted by Crippen LogP contribution is 2.35. The molecule has 0 aliphatic heterocycles. The number of benzene rings is 1. The van der Waals surface area contributed by atoms with Gasteiger partial charge in [-0.1, -0.05) is 28.9 Å². The minimum absolute atomic E-state index is 0.0411. The Balaban J connectivity index is 2.33. The van der Waals surface area contributed by atoms with Crippen LogP contribution >= 0.6 is 27.3 Å². The molecule has 1 amide bonds. The second-order valence-electron chi connectivity index (χ2n) is 5.33. The second-order valence-corrected chi connectivity index (χ2v) is 7.30. The van der Waals surface area contributed by atoms with Crippen molar-refractivity contribution in [2.24, 2.45) is 0 Å². The Hall–Kier alpha value is -1.11. The maximum Gasteiger partial charge on any atom is 0.263 e. The van der Waals surface area contributed by atoms with E-state index in [1.54, 1.807) is 0 Å². The van der Waals surface area contributed by atoms with Crippen molar-refractivity contribution < 1.29 is 9.90 Å². The van der Waals surface area contributed by atoms with Crippen molar-refractivity contribution in [1.29, 1.82) is 0 Å². The van der Waals surface area contributed by atoms with Crippen molar-refractivity contribution in [2.75, 3.05) is 12.3 Å². The van der Waals surface area contributed by atoms with Gasteiger partial charge in [-0.2, -0.15) is 0 Å². The van der Waals surface area contributed by atoms with Crippen molar-refractivity contribution in [3.8, 4) is 0 Å². The van der Waals surface area contributed by atoms with E-state index in [9.17, 15) is 4.79 Å². The number of thiophene rings is 1. The number of halogens is 1. The Morgan fingerprint density at radius 2 is 2.24 bits per heavy atom. The standard InChI is InChI=1S/C15H19BrN2O2S/c1-3-15(2,6-7-19)18-14(20)13-12(17)10-5-4-9(16)8-11(10)21-13/h4-5,8,19H,3,6-7,17H2,1-2H3,(H,18,20). The monoisotopic (exact) mass is 370 g/mol. The lowest BCUT2D eigenvalue weighted by atomic mass is 9.95. The molecule has 0 bridgehead atoms. The van der Waals surface area contributed by atoms with Gasteiger partial charge < -0.3 is 16.2 Å². The fraction of sp³-hybridized carbons (Fsp3) is 0.400. The van der Waals surface area contributed by atoms with Crippen LogP contribution in [0.1, 0.15) is 36.4 Å². The molecule has 0 saturated carbocycles. The van der Waals surface area contributed by atoms with Gasteiger partial charge in [-0.05, 0) is 31.9 Å². The van der Waals surface area contributed by atoms with Crippen LogP contribution in [0.25, 0.3) is 10.1 Å². The van der Waals surface area contributed by atoms with Gasteiger partial charge in [-0.25, -0.2) is 0 Å². The lowest BCUT2D eigenvalue weighted by Gasteiger charge is -2.28. The molecule has 4 nitrogen and oxygen atoms in total. The van der Waals surface area contributed by atoms with Crippen molar-refractivity contribution in [3.63, 3.8) is 0 Å². The van der Waals surface area contributed by atoms with Crippen LogP contribution in [0.5, 0.6) is 0 Å². The minimum Gasteiger partial charge on any atom is -0.397 e. The molecular weight excluding hydrogens is 352 g/mol. The quantitative estimate of drug-likeness (QED) is 0.753. The molecule has 6 heteroatoms. The highest BCUT2D eigenvalue weighted by Gasteiger charge is 2.26. The number of carbonyl (C=O) groups is 1. The maximum atomic E-state index is 12.5. The normalized spacial score (nSPS) is 14.1. The number of aliphatic hydroxyl groups excluding tert-OH is 1. The molecule has 2 rings (SSSR count). The van der Waals surface area contributed by atoms with E-state index in [2.05, 4.69) is 21.2 Å². The summed E-state index contributed by atoms with van der Waals surface area (Å²) in [6, 6.07) is 5.78. The summed E-state index contributed by atoms with van der Waals surface area (Å²) in [6.45, 7) is 3.96. The Kier molecular flexibility index (Phi) is 4.91. The number of hydrogen-bond acceptors (Lipinski definition) is 4. The lowest BCUT2D eigenvalue weighted by Crippen LogP contribution is -2.46. The first-order valence-corrected chi connectivity index (χ1v) is 8.42. The SMILES string of the molecule is CCC(C)(CCO)NC(=O)c1sc2cc(Br)ccc2c1N. The summed E-state index contributed by atoms with van der Waals surface area (Å²) < 4.78 is 1.94. The third kappa shape index (κ3) is 3.39. The average molecular weight is 371 g/mol. The molecule has 0 saturated heterocycles. The topological polar surface area (TPSA) is 75.3 Å². The molecule has 1 unspecified atom stereocenters. The molecule has 0 aliphatic carbocycles. The molecule has 0 radical (unpaired) electrons. The fourth-order valence-electron chi connectivity index (χ4n) is 2.16. The van der Waals surface area contributed by atoms with Crippen LogP contribution in [0.2, 0.25) is 0 Å². The van der Waals surface area contributed by atoms with Crippen LogP contribution in [0.4, 0.5) is 5.69 Å². The number of nitrogens with two attached hydrogens (primary N) is 1. The Morgan fingerprint density at radius 1 is 1.52 bits per heavy atom. The first-order chi connectivity index (χ1) is 9.90. The Morgan fingerprint density at radius 3 is 2.86 bits per heavy atom. The van der Waals surface area contributed by atoms with Crippen LogP contribution in [0.3, 0.4) is 0 Å². The number of fused-ring (bicyclic) bond motifs is 1. The highest BCUT2D eigenvalue weighted by atomic mass is 79.9. The van der Waals surface area contributed by atoms with Gasteiger partial charge in [-0.3, -0.25) is 4.79 Å². The first-order valence-electron chi connectivity index (χ1n) is 6.81. The molecule has 1 aromatic heterocycles. The summed E-state index contributed by atoms with van der Waals surface area (Å²) in [5.41, 5.74) is 6.20. The van der Waals surface area contributed by atoms with Crippen LogP contribution in [-0.4, -0.2) is 23.2 Å².